The second kappa shape index (κ2) is 10.3. The van der Waals surface area contributed by atoms with Gasteiger partial charge >= 0.3 is 0 Å². The Balaban J connectivity index is 1.89. The van der Waals surface area contributed by atoms with Crippen molar-refractivity contribution < 1.29 is 17.9 Å². The van der Waals surface area contributed by atoms with Crippen molar-refractivity contribution in [1.29, 1.82) is 0 Å². The van der Waals surface area contributed by atoms with Crippen molar-refractivity contribution in [2.45, 2.75) is 31.2 Å². The molecular weight excluding hydrogens is 424 g/mol. The van der Waals surface area contributed by atoms with Gasteiger partial charge in [0.25, 0.3) is 10.0 Å². The summed E-state index contributed by atoms with van der Waals surface area (Å²) in [4.78, 5) is 13.1. The summed E-state index contributed by atoms with van der Waals surface area (Å²) in [7, 11) is -2.34. The Morgan fingerprint density at radius 3 is 2.22 bits per heavy atom. The normalized spacial score (nSPS) is 12.1. The molecule has 0 fully saturated rings. The van der Waals surface area contributed by atoms with Crippen LogP contribution >= 0.6 is 0 Å². The standard InChI is InChI=1S/C25H28N2O4S/c1-4-20-10-8-9-13-24(20)27(32(29,30)23-11-6-5-7-12-23)18-25(28)26-19(2)21-14-16-22(31-3)17-15-21/h5-17,19H,4,18H2,1-3H3,(H,26,28). The molecule has 0 spiro atoms. The van der Waals surface area contributed by atoms with Gasteiger partial charge in [-0.3, -0.25) is 9.10 Å². The summed E-state index contributed by atoms with van der Waals surface area (Å²) in [5, 5.41) is 2.91. The number of aryl methyl sites for hydroxylation is 1. The van der Waals surface area contributed by atoms with Crippen LogP contribution in [-0.2, 0) is 21.2 Å². The summed E-state index contributed by atoms with van der Waals surface area (Å²) < 4.78 is 33.4. The van der Waals surface area contributed by atoms with Gasteiger partial charge in [-0.1, -0.05) is 55.5 Å². The second-order valence-electron chi connectivity index (χ2n) is 7.37. The van der Waals surface area contributed by atoms with E-state index in [4.69, 9.17) is 4.74 Å². The number of carbonyl (C=O) groups is 1. The van der Waals surface area contributed by atoms with Crippen LogP contribution in [0.25, 0.3) is 0 Å². The number of methoxy groups -OCH3 is 1. The van der Waals surface area contributed by atoms with Crippen LogP contribution in [0.3, 0.4) is 0 Å². The molecule has 0 aromatic heterocycles. The molecule has 7 heteroatoms. The molecule has 0 bridgehead atoms. The van der Waals surface area contributed by atoms with Gasteiger partial charge in [0.05, 0.1) is 23.7 Å². The lowest BCUT2D eigenvalue weighted by Crippen LogP contribution is -2.42. The molecule has 0 radical (unpaired) electrons. The van der Waals surface area contributed by atoms with E-state index in [9.17, 15) is 13.2 Å². The van der Waals surface area contributed by atoms with E-state index >= 15 is 0 Å². The number of para-hydroxylation sites is 1. The predicted octanol–water partition coefficient (Wildman–Crippen LogP) is 4.33. The molecule has 168 valence electrons. The van der Waals surface area contributed by atoms with Gasteiger partial charge in [0, 0.05) is 0 Å². The number of benzene rings is 3. The van der Waals surface area contributed by atoms with Gasteiger partial charge in [0.1, 0.15) is 12.3 Å². The summed E-state index contributed by atoms with van der Waals surface area (Å²) >= 11 is 0. The lowest BCUT2D eigenvalue weighted by Gasteiger charge is -2.27. The Hall–Kier alpha value is -3.32. The van der Waals surface area contributed by atoms with E-state index in [2.05, 4.69) is 5.32 Å². The molecule has 0 heterocycles. The van der Waals surface area contributed by atoms with Crippen LogP contribution in [0.4, 0.5) is 5.69 Å². The first kappa shape index (κ1) is 23.3. The van der Waals surface area contributed by atoms with Crippen LogP contribution in [0, 0.1) is 0 Å². The number of rotatable bonds is 9. The Kier molecular flexibility index (Phi) is 7.53. The number of nitrogens with zero attached hydrogens (tertiary/aromatic N) is 1. The maximum Gasteiger partial charge on any atom is 0.264 e. The van der Waals surface area contributed by atoms with Crippen LogP contribution in [0.2, 0.25) is 0 Å². The van der Waals surface area contributed by atoms with Gasteiger partial charge < -0.3 is 10.1 Å². The number of carbonyl (C=O) groups excluding carboxylic acids is 1. The minimum absolute atomic E-state index is 0.141. The quantitative estimate of drug-likeness (QED) is 0.524. The van der Waals surface area contributed by atoms with Gasteiger partial charge in [0.2, 0.25) is 5.91 Å². The number of amides is 1. The minimum Gasteiger partial charge on any atom is -0.497 e. The summed E-state index contributed by atoms with van der Waals surface area (Å²) in [5.41, 5.74) is 2.25. The summed E-state index contributed by atoms with van der Waals surface area (Å²) in [6, 6.07) is 22.5. The summed E-state index contributed by atoms with van der Waals surface area (Å²) in [6.07, 6.45) is 0.640. The topological polar surface area (TPSA) is 75.7 Å². The lowest BCUT2D eigenvalue weighted by atomic mass is 10.1. The molecule has 1 unspecified atom stereocenters. The van der Waals surface area contributed by atoms with E-state index < -0.39 is 15.9 Å². The highest BCUT2D eigenvalue weighted by Crippen LogP contribution is 2.27. The molecule has 0 aliphatic carbocycles. The fourth-order valence-electron chi connectivity index (χ4n) is 3.47. The van der Waals surface area contributed by atoms with E-state index in [1.54, 1.807) is 37.4 Å². The van der Waals surface area contributed by atoms with Gasteiger partial charge in [0.15, 0.2) is 0 Å². The number of nitrogens with one attached hydrogen (secondary N) is 1. The van der Waals surface area contributed by atoms with E-state index in [-0.39, 0.29) is 17.5 Å². The van der Waals surface area contributed by atoms with Crippen molar-refractivity contribution >= 4 is 21.6 Å². The highest BCUT2D eigenvalue weighted by molar-refractivity contribution is 7.92. The van der Waals surface area contributed by atoms with Crippen molar-refractivity contribution in [3.05, 3.63) is 90.0 Å². The Labute approximate surface area is 189 Å². The molecule has 3 aromatic carbocycles. The average Bonchev–Trinajstić information content (AvgIpc) is 2.83. The zero-order valence-corrected chi connectivity index (χ0v) is 19.3. The Morgan fingerprint density at radius 1 is 0.969 bits per heavy atom. The number of hydrogen-bond acceptors (Lipinski definition) is 4. The van der Waals surface area contributed by atoms with Gasteiger partial charge in [-0.25, -0.2) is 8.42 Å². The molecule has 0 aliphatic rings. The number of anilines is 1. The van der Waals surface area contributed by atoms with E-state index in [1.165, 1.54) is 16.4 Å². The first-order valence-corrected chi connectivity index (χ1v) is 11.9. The van der Waals surface area contributed by atoms with Crippen LogP contribution in [0.1, 0.15) is 31.0 Å². The number of hydrogen-bond donors (Lipinski definition) is 1. The third kappa shape index (κ3) is 5.29. The van der Waals surface area contributed by atoms with E-state index in [0.29, 0.717) is 12.1 Å². The molecule has 3 aromatic rings. The second-order valence-corrected chi connectivity index (χ2v) is 9.23. The molecular formula is C25H28N2O4S. The van der Waals surface area contributed by atoms with Crippen LogP contribution < -0.4 is 14.4 Å². The fraction of sp³-hybridized carbons (Fsp3) is 0.240. The SMILES string of the molecule is CCc1ccccc1N(CC(=O)NC(C)c1ccc(OC)cc1)S(=O)(=O)c1ccccc1. The molecule has 32 heavy (non-hydrogen) atoms. The molecule has 0 aliphatic heterocycles. The zero-order valence-electron chi connectivity index (χ0n) is 18.5. The minimum atomic E-state index is -3.94. The maximum atomic E-state index is 13.5. The first-order valence-electron chi connectivity index (χ1n) is 10.5. The predicted molar refractivity (Wildman–Crippen MR) is 126 cm³/mol. The molecule has 1 amide bonds. The third-order valence-corrected chi connectivity index (χ3v) is 7.03. The zero-order chi connectivity index (χ0) is 23.1. The third-order valence-electron chi connectivity index (χ3n) is 5.25. The molecule has 0 saturated heterocycles. The van der Waals surface area contributed by atoms with Crippen molar-refractivity contribution in [1.82, 2.24) is 5.32 Å². The maximum absolute atomic E-state index is 13.5. The van der Waals surface area contributed by atoms with Crippen molar-refractivity contribution in [2.75, 3.05) is 18.0 Å². The van der Waals surface area contributed by atoms with Crippen LogP contribution in [-0.4, -0.2) is 28.0 Å². The molecule has 3 rings (SSSR count). The summed E-state index contributed by atoms with van der Waals surface area (Å²) in [6.45, 7) is 3.49. The van der Waals surface area contributed by atoms with Crippen LogP contribution in [0.5, 0.6) is 5.75 Å². The Bertz CT molecular complexity index is 1150. The summed E-state index contributed by atoms with van der Waals surface area (Å²) in [5.74, 6) is 0.335. The first-order chi connectivity index (χ1) is 15.4. The average molecular weight is 453 g/mol. The molecule has 1 N–H and O–H groups in total. The number of ether oxygens (including phenoxy) is 1. The lowest BCUT2D eigenvalue weighted by molar-refractivity contribution is -0.120. The van der Waals surface area contributed by atoms with Crippen LogP contribution in [0.15, 0.2) is 83.8 Å². The highest BCUT2D eigenvalue weighted by atomic mass is 32.2. The smallest absolute Gasteiger partial charge is 0.264 e. The molecule has 6 nitrogen and oxygen atoms in total. The monoisotopic (exact) mass is 452 g/mol. The van der Waals surface area contributed by atoms with Gasteiger partial charge in [-0.05, 0) is 54.8 Å². The molecule has 1 atom stereocenters. The van der Waals surface area contributed by atoms with Crippen molar-refractivity contribution in [2.24, 2.45) is 0 Å². The largest absolute Gasteiger partial charge is 0.497 e. The van der Waals surface area contributed by atoms with Crippen molar-refractivity contribution in [3.63, 3.8) is 0 Å². The van der Waals surface area contributed by atoms with E-state index in [1.807, 2.05) is 50.2 Å². The van der Waals surface area contributed by atoms with E-state index in [0.717, 1.165) is 16.9 Å². The van der Waals surface area contributed by atoms with Gasteiger partial charge in [-0.15, -0.1) is 0 Å². The Morgan fingerprint density at radius 2 is 1.59 bits per heavy atom. The van der Waals surface area contributed by atoms with Crippen molar-refractivity contribution in [3.8, 4) is 5.75 Å². The molecule has 0 saturated carbocycles. The van der Waals surface area contributed by atoms with Gasteiger partial charge in [-0.2, -0.15) is 0 Å². The number of sulfonamides is 1. The fourth-order valence-corrected chi connectivity index (χ4v) is 4.95. The highest BCUT2D eigenvalue weighted by Gasteiger charge is 2.28.